The fraction of sp³-hybridized carbons (Fsp3) is 0.900. The lowest BCUT2D eigenvalue weighted by molar-refractivity contribution is -0.171. The van der Waals surface area contributed by atoms with Crippen LogP contribution in [0.15, 0.2) is 0 Å². The van der Waals surface area contributed by atoms with E-state index in [0.717, 1.165) is 19.4 Å². The van der Waals surface area contributed by atoms with Gasteiger partial charge in [-0.1, -0.05) is 0 Å². The van der Waals surface area contributed by atoms with Gasteiger partial charge in [-0.3, -0.25) is 4.79 Å². The Labute approximate surface area is 92.0 Å². The van der Waals surface area contributed by atoms with Gasteiger partial charge in [-0.15, -0.1) is 0 Å². The van der Waals surface area contributed by atoms with E-state index in [0.29, 0.717) is 0 Å². The van der Waals surface area contributed by atoms with E-state index in [1.165, 1.54) is 4.90 Å². The van der Waals surface area contributed by atoms with Gasteiger partial charge < -0.3 is 10.2 Å². The number of carbonyl (C=O) groups excluding carboxylic acids is 1. The van der Waals surface area contributed by atoms with E-state index in [2.05, 4.69) is 5.32 Å². The number of alkyl halides is 3. The zero-order valence-electron chi connectivity index (χ0n) is 8.89. The van der Waals surface area contributed by atoms with E-state index in [1.807, 2.05) is 0 Å². The molecule has 1 N–H and O–H groups in total. The number of rotatable bonds is 1. The number of hydrogen-bond donors (Lipinski definition) is 1. The summed E-state index contributed by atoms with van der Waals surface area (Å²) in [6.07, 6.45) is -2.46. The Hall–Kier alpha value is -0.780. The van der Waals surface area contributed by atoms with Gasteiger partial charge in [-0.2, -0.15) is 13.2 Å². The number of halogens is 3. The molecule has 92 valence electrons. The SMILES string of the molecule is O=C([C@H]1CCCN1)N1CC[C@@H](C(F)(F)F)C1. The summed E-state index contributed by atoms with van der Waals surface area (Å²) in [7, 11) is 0. The van der Waals surface area contributed by atoms with E-state index in [1.54, 1.807) is 0 Å². The molecule has 0 aromatic carbocycles. The summed E-state index contributed by atoms with van der Waals surface area (Å²) < 4.78 is 37.3. The molecule has 2 aliphatic heterocycles. The van der Waals surface area contributed by atoms with Gasteiger partial charge in [0.05, 0.1) is 12.0 Å². The molecule has 0 bridgehead atoms. The van der Waals surface area contributed by atoms with Crippen LogP contribution in [0.5, 0.6) is 0 Å². The van der Waals surface area contributed by atoms with Gasteiger partial charge in [0.1, 0.15) is 0 Å². The van der Waals surface area contributed by atoms with Crippen LogP contribution in [0.4, 0.5) is 13.2 Å². The molecule has 3 nitrogen and oxygen atoms in total. The average molecular weight is 236 g/mol. The first-order valence-electron chi connectivity index (χ1n) is 5.57. The van der Waals surface area contributed by atoms with Crippen LogP contribution >= 0.6 is 0 Å². The van der Waals surface area contributed by atoms with Crippen molar-refractivity contribution in [2.45, 2.75) is 31.5 Å². The van der Waals surface area contributed by atoms with Crippen molar-refractivity contribution in [3.05, 3.63) is 0 Å². The fourth-order valence-corrected chi connectivity index (χ4v) is 2.34. The third-order valence-corrected chi connectivity index (χ3v) is 3.32. The lowest BCUT2D eigenvalue weighted by atomic mass is 10.1. The summed E-state index contributed by atoms with van der Waals surface area (Å²) >= 11 is 0. The second kappa shape index (κ2) is 4.24. The Kier molecular flexibility index (Phi) is 3.10. The lowest BCUT2D eigenvalue weighted by Crippen LogP contribution is -2.43. The van der Waals surface area contributed by atoms with Crippen LogP contribution in [0, 0.1) is 5.92 Å². The predicted molar refractivity (Wildman–Crippen MR) is 51.8 cm³/mol. The Morgan fingerprint density at radius 2 is 2.06 bits per heavy atom. The highest BCUT2D eigenvalue weighted by Crippen LogP contribution is 2.33. The molecule has 16 heavy (non-hydrogen) atoms. The number of likely N-dealkylation sites (tertiary alicyclic amines) is 1. The Morgan fingerprint density at radius 1 is 1.31 bits per heavy atom. The number of hydrogen-bond acceptors (Lipinski definition) is 2. The fourth-order valence-electron chi connectivity index (χ4n) is 2.34. The molecule has 2 rings (SSSR count). The molecular formula is C10H15F3N2O. The average Bonchev–Trinajstić information content (AvgIpc) is 2.87. The number of carbonyl (C=O) groups is 1. The zero-order valence-corrected chi connectivity index (χ0v) is 8.89. The maximum Gasteiger partial charge on any atom is 0.393 e. The summed E-state index contributed by atoms with van der Waals surface area (Å²) in [6, 6.07) is -0.257. The Balaban J connectivity index is 1.90. The van der Waals surface area contributed by atoms with Gasteiger partial charge in [-0.25, -0.2) is 0 Å². The van der Waals surface area contributed by atoms with Crippen LogP contribution in [0.1, 0.15) is 19.3 Å². The first-order valence-corrected chi connectivity index (χ1v) is 5.57. The van der Waals surface area contributed by atoms with Gasteiger partial charge >= 0.3 is 6.18 Å². The molecule has 2 fully saturated rings. The van der Waals surface area contributed by atoms with Crippen LogP contribution < -0.4 is 5.32 Å². The third kappa shape index (κ3) is 2.31. The van der Waals surface area contributed by atoms with Crippen LogP contribution in [0.3, 0.4) is 0 Å². The summed E-state index contributed by atoms with van der Waals surface area (Å²) in [6.45, 7) is 0.856. The quantitative estimate of drug-likeness (QED) is 0.740. The molecule has 6 heteroatoms. The molecule has 0 aliphatic carbocycles. The van der Waals surface area contributed by atoms with Crippen molar-refractivity contribution in [1.29, 1.82) is 0 Å². The van der Waals surface area contributed by atoms with Gasteiger partial charge in [-0.05, 0) is 25.8 Å². The van der Waals surface area contributed by atoms with Crippen LogP contribution in [0.25, 0.3) is 0 Å². The normalized spacial score (nSPS) is 31.1. The van der Waals surface area contributed by atoms with Gasteiger partial charge in [0.2, 0.25) is 5.91 Å². The molecule has 0 aromatic rings. The van der Waals surface area contributed by atoms with E-state index >= 15 is 0 Å². The highest BCUT2D eigenvalue weighted by molar-refractivity contribution is 5.82. The molecule has 2 heterocycles. The van der Waals surface area contributed by atoms with Crippen LogP contribution in [-0.4, -0.2) is 42.7 Å². The zero-order chi connectivity index (χ0) is 11.8. The predicted octanol–water partition coefficient (Wildman–Crippen LogP) is 1.15. The van der Waals surface area contributed by atoms with E-state index in [-0.39, 0.29) is 31.5 Å². The highest BCUT2D eigenvalue weighted by Gasteiger charge is 2.45. The molecule has 0 saturated carbocycles. The number of nitrogens with zero attached hydrogens (tertiary/aromatic N) is 1. The van der Waals surface area contributed by atoms with Crippen LogP contribution in [-0.2, 0) is 4.79 Å². The molecule has 0 unspecified atom stereocenters. The van der Waals surface area contributed by atoms with E-state index < -0.39 is 12.1 Å². The third-order valence-electron chi connectivity index (χ3n) is 3.32. The molecule has 0 radical (unpaired) electrons. The van der Waals surface area contributed by atoms with Gasteiger partial charge in [0.15, 0.2) is 0 Å². The minimum absolute atomic E-state index is 0.0436. The lowest BCUT2D eigenvalue weighted by Gasteiger charge is -2.21. The second-order valence-electron chi connectivity index (χ2n) is 4.46. The molecule has 0 spiro atoms. The first-order chi connectivity index (χ1) is 7.48. The van der Waals surface area contributed by atoms with Crippen molar-refractivity contribution in [2.75, 3.05) is 19.6 Å². The van der Waals surface area contributed by atoms with E-state index in [4.69, 9.17) is 0 Å². The second-order valence-corrected chi connectivity index (χ2v) is 4.46. The molecular weight excluding hydrogens is 221 g/mol. The van der Waals surface area contributed by atoms with Gasteiger partial charge in [0.25, 0.3) is 0 Å². The van der Waals surface area contributed by atoms with Crippen LogP contribution in [0.2, 0.25) is 0 Å². The maximum atomic E-state index is 12.4. The van der Waals surface area contributed by atoms with Crippen molar-refractivity contribution in [2.24, 2.45) is 5.92 Å². The summed E-state index contributed by atoms with van der Waals surface area (Å²) in [5.41, 5.74) is 0. The topological polar surface area (TPSA) is 32.3 Å². The van der Waals surface area contributed by atoms with Gasteiger partial charge in [0, 0.05) is 13.1 Å². The standard InChI is InChI=1S/C10H15F3N2O/c11-10(12,13)7-3-5-15(6-7)9(16)8-2-1-4-14-8/h7-8,14H,1-6H2/t7-,8-/m1/s1. The molecule has 2 saturated heterocycles. The largest absolute Gasteiger partial charge is 0.393 e. The van der Waals surface area contributed by atoms with E-state index in [9.17, 15) is 18.0 Å². The minimum Gasteiger partial charge on any atom is -0.341 e. The van der Waals surface area contributed by atoms with Crippen molar-refractivity contribution in [3.63, 3.8) is 0 Å². The maximum absolute atomic E-state index is 12.4. The monoisotopic (exact) mass is 236 g/mol. The summed E-state index contributed by atoms with van der Waals surface area (Å²) in [4.78, 5) is 13.2. The van der Waals surface area contributed by atoms with Crippen molar-refractivity contribution in [1.82, 2.24) is 10.2 Å². The summed E-state index contributed by atoms with van der Waals surface area (Å²) in [5.74, 6) is -1.50. The molecule has 2 aliphatic rings. The molecule has 2 atom stereocenters. The molecule has 1 amide bonds. The molecule has 0 aromatic heterocycles. The number of amides is 1. The summed E-state index contributed by atoms with van der Waals surface area (Å²) in [5, 5.41) is 3.01. The number of nitrogens with one attached hydrogen (secondary N) is 1. The Bertz CT molecular complexity index is 274. The Morgan fingerprint density at radius 3 is 2.56 bits per heavy atom. The van der Waals surface area contributed by atoms with Crippen molar-refractivity contribution in [3.8, 4) is 0 Å². The minimum atomic E-state index is -4.17. The smallest absolute Gasteiger partial charge is 0.341 e. The van der Waals surface area contributed by atoms with Crippen molar-refractivity contribution < 1.29 is 18.0 Å². The first kappa shape index (κ1) is 11.7. The van der Waals surface area contributed by atoms with Crippen molar-refractivity contribution >= 4 is 5.91 Å². The highest BCUT2D eigenvalue weighted by atomic mass is 19.4.